The monoisotopic (exact) mass is 391 g/mol. The third-order valence-corrected chi connectivity index (χ3v) is 6.85. The number of halogens is 1. The summed E-state index contributed by atoms with van der Waals surface area (Å²) >= 11 is 6.35. The maximum absolute atomic E-state index is 12.8. The van der Waals surface area contributed by atoms with Crippen LogP contribution in [0.25, 0.3) is 0 Å². The van der Waals surface area contributed by atoms with Crippen LogP contribution in [0.1, 0.15) is 12.0 Å². The second-order valence-corrected chi connectivity index (χ2v) is 9.24. The molecule has 3 N–H and O–H groups in total. The van der Waals surface area contributed by atoms with Crippen LogP contribution in [0.15, 0.2) is 24.3 Å². The highest BCUT2D eigenvalue weighted by molar-refractivity contribution is 8.02. The fourth-order valence-electron chi connectivity index (χ4n) is 2.08. The van der Waals surface area contributed by atoms with Gasteiger partial charge in [0, 0.05) is 11.8 Å². The molecule has 1 heterocycles. The van der Waals surface area contributed by atoms with Crippen LogP contribution in [0.2, 0.25) is 0 Å². The third kappa shape index (κ3) is 6.62. The minimum absolute atomic E-state index is 0.0238. The highest BCUT2D eigenvalue weighted by Crippen LogP contribution is 2.23. The molecule has 2 rings (SSSR count). The smallest absolute Gasteiger partial charge is 0.248 e. The number of carbonyl (C=O) groups is 1. The second-order valence-electron chi connectivity index (χ2n) is 5.32. The summed E-state index contributed by atoms with van der Waals surface area (Å²) in [5.41, 5.74) is 5.87. The predicted octanol–water partition coefficient (Wildman–Crippen LogP) is 0.741. The number of carbonyl (C=O) groups excluding carboxylic acids is 1. The van der Waals surface area contributed by atoms with Gasteiger partial charge in [-0.25, -0.2) is 12.8 Å². The molecule has 0 aromatic heterocycles. The Morgan fingerprint density at radius 2 is 2.00 bits per heavy atom. The van der Waals surface area contributed by atoms with Gasteiger partial charge in [0.25, 0.3) is 0 Å². The third-order valence-electron chi connectivity index (χ3n) is 3.32. The van der Waals surface area contributed by atoms with E-state index in [4.69, 9.17) is 12.2 Å². The molecule has 0 unspecified atom stereocenters. The molecule has 0 radical (unpaired) electrons. The van der Waals surface area contributed by atoms with Gasteiger partial charge in [0.1, 0.15) is 5.82 Å². The maximum atomic E-state index is 12.8. The number of thiocarbonyl (C=S) groups is 1. The molecule has 10 heteroatoms. The molecule has 1 atom stereocenters. The lowest BCUT2D eigenvalue weighted by Crippen LogP contribution is -2.47. The summed E-state index contributed by atoms with van der Waals surface area (Å²) in [4.78, 5) is 11.7. The van der Waals surface area contributed by atoms with Crippen molar-refractivity contribution >= 4 is 44.8 Å². The molecule has 6 nitrogen and oxygen atoms in total. The summed E-state index contributed by atoms with van der Waals surface area (Å²) in [6, 6.07) is 5.98. The number of rotatable bonds is 5. The summed E-state index contributed by atoms with van der Waals surface area (Å²) < 4.78 is 35.5. The van der Waals surface area contributed by atoms with E-state index in [1.807, 2.05) is 0 Å². The molecule has 1 aromatic carbocycles. The molecule has 132 valence electrons. The minimum atomic E-state index is -2.93. The predicted molar refractivity (Wildman–Crippen MR) is 96.6 cm³/mol. The van der Waals surface area contributed by atoms with Crippen LogP contribution in [-0.2, 0) is 21.2 Å². The van der Waals surface area contributed by atoms with Gasteiger partial charge in [0.2, 0.25) is 5.91 Å². The van der Waals surface area contributed by atoms with Crippen LogP contribution < -0.4 is 16.2 Å². The largest absolute Gasteiger partial charge is 0.357 e. The number of benzene rings is 1. The standard InChI is InChI=1S/C14H18FN3O3S3/c15-11-3-1-10(2-4-11)7-16-14(22)18-17-13(19)8-23-12-5-6-24(20,21)9-12/h1-4,12H,5-9H2,(H,17,19)(H2,16,18,22)/t12-/m0/s1. The number of hydrogen-bond acceptors (Lipinski definition) is 5. The van der Waals surface area contributed by atoms with Crippen molar-refractivity contribution in [3.8, 4) is 0 Å². The first-order chi connectivity index (χ1) is 11.3. The Hall–Kier alpha value is -1.39. The highest BCUT2D eigenvalue weighted by Gasteiger charge is 2.28. The lowest BCUT2D eigenvalue weighted by molar-refractivity contribution is -0.119. The van der Waals surface area contributed by atoms with Crippen LogP contribution in [0.3, 0.4) is 0 Å². The van der Waals surface area contributed by atoms with E-state index in [2.05, 4.69) is 16.2 Å². The topological polar surface area (TPSA) is 87.3 Å². The number of hydrogen-bond donors (Lipinski definition) is 3. The van der Waals surface area contributed by atoms with Gasteiger partial charge >= 0.3 is 0 Å². The van der Waals surface area contributed by atoms with Crippen LogP contribution in [-0.4, -0.2) is 41.9 Å². The summed E-state index contributed by atoms with van der Waals surface area (Å²) in [6.45, 7) is 0.399. The lowest BCUT2D eigenvalue weighted by atomic mass is 10.2. The van der Waals surface area contributed by atoms with E-state index >= 15 is 0 Å². The van der Waals surface area contributed by atoms with Crippen molar-refractivity contribution in [3.63, 3.8) is 0 Å². The first kappa shape index (κ1) is 18.9. The molecule has 0 saturated carbocycles. The zero-order chi connectivity index (χ0) is 17.6. The molecule has 1 aliphatic heterocycles. The Morgan fingerprint density at radius 3 is 2.62 bits per heavy atom. The van der Waals surface area contributed by atoms with E-state index in [9.17, 15) is 17.6 Å². The Kier molecular flexibility index (Phi) is 6.81. The van der Waals surface area contributed by atoms with E-state index in [0.717, 1.165) is 5.56 Å². The Labute approximate surface area is 149 Å². The number of amides is 1. The lowest BCUT2D eigenvalue weighted by Gasteiger charge is -2.12. The van der Waals surface area contributed by atoms with E-state index in [-0.39, 0.29) is 39.3 Å². The Balaban J connectivity index is 1.61. The zero-order valence-corrected chi connectivity index (χ0v) is 15.2. The number of hydrazine groups is 1. The van der Waals surface area contributed by atoms with Crippen molar-refractivity contribution in [1.82, 2.24) is 16.2 Å². The molecule has 1 amide bonds. The summed E-state index contributed by atoms with van der Waals surface area (Å²) in [5, 5.41) is 3.09. The molecule has 0 aliphatic carbocycles. The van der Waals surface area contributed by atoms with Crippen LogP contribution in [0.5, 0.6) is 0 Å². The van der Waals surface area contributed by atoms with Gasteiger partial charge in [-0.05, 0) is 36.3 Å². The summed E-state index contributed by atoms with van der Waals surface area (Å²) in [5.74, 6) is -0.0967. The van der Waals surface area contributed by atoms with Crippen LogP contribution in [0, 0.1) is 5.82 Å². The number of thioether (sulfide) groups is 1. The van der Waals surface area contributed by atoms with Gasteiger partial charge in [-0.2, -0.15) is 0 Å². The highest BCUT2D eigenvalue weighted by atomic mass is 32.2. The van der Waals surface area contributed by atoms with Crippen molar-refractivity contribution in [1.29, 1.82) is 0 Å². The van der Waals surface area contributed by atoms with Crippen molar-refractivity contribution in [2.24, 2.45) is 0 Å². The molecule has 24 heavy (non-hydrogen) atoms. The van der Waals surface area contributed by atoms with E-state index < -0.39 is 9.84 Å². The van der Waals surface area contributed by atoms with Gasteiger partial charge in [0.15, 0.2) is 14.9 Å². The fourth-order valence-corrected chi connectivity index (χ4v) is 5.64. The molecule has 1 aromatic rings. The molecular weight excluding hydrogens is 373 g/mol. The minimum Gasteiger partial charge on any atom is -0.357 e. The Morgan fingerprint density at radius 1 is 1.29 bits per heavy atom. The quantitative estimate of drug-likeness (QED) is 0.504. The van der Waals surface area contributed by atoms with E-state index in [1.54, 1.807) is 12.1 Å². The zero-order valence-electron chi connectivity index (χ0n) is 12.7. The van der Waals surface area contributed by atoms with Crippen LogP contribution in [0.4, 0.5) is 4.39 Å². The first-order valence-electron chi connectivity index (χ1n) is 7.23. The van der Waals surface area contributed by atoms with Crippen molar-refractivity contribution in [2.45, 2.75) is 18.2 Å². The van der Waals surface area contributed by atoms with Crippen molar-refractivity contribution in [2.75, 3.05) is 17.3 Å². The normalized spacial score (nSPS) is 18.8. The second kappa shape index (κ2) is 8.63. The first-order valence-corrected chi connectivity index (χ1v) is 10.5. The van der Waals surface area contributed by atoms with Gasteiger partial charge in [-0.1, -0.05) is 12.1 Å². The average molecular weight is 392 g/mol. The van der Waals surface area contributed by atoms with E-state index in [0.29, 0.717) is 13.0 Å². The average Bonchev–Trinajstić information content (AvgIpc) is 2.89. The Bertz CT molecular complexity index is 695. The summed E-state index contributed by atoms with van der Waals surface area (Å²) in [6.07, 6.45) is 0.589. The number of sulfone groups is 1. The fraction of sp³-hybridized carbons (Fsp3) is 0.429. The summed E-state index contributed by atoms with van der Waals surface area (Å²) in [7, 11) is -2.93. The van der Waals surface area contributed by atoms with Crippen LogP contribution >= 0.6 is 24.0 Å². The van der Waals surface area contributed by atoms with E-state index in [1.165, 1.54) is 23.9 Å². The van der Waals surface area contributed by atoms with Crippen molar-refractivity contribution < 1.29 is 17.6 Å². The molecule has 0 bridgehead atoms. The van der Waals surface area contributed by atoms with Crippen molar-refractivity contribution in [3.05, 3.63) is 35.6 Å². The molecule has 0 spiro atoms. The SMILES string of the molecule is O=C(CS[C@H]1CCS(=O)(=O)C1)NNC(=S)NCc1ccc(F)cc1. The molecule has 1 aliphatic rings. The van der Waals surface area contributed by atoms with Gasteiger partial charge in [-0.3, -0.25) is 15.6 Å². The number of nitrogens with one attached hydrogen (secondary N) is 3. The van der Waals surface area contributed by atoms with Gasteiger partial charge in [0.05, 0.1) is 17.3 Å². The molecule has 1 fully saturated rings. The van der Waals surface area contributed by atoms with Gasteiger partial charge in [-0.15, -0.1) is 11.8 Å². The molecule has 1 saturated heterocycles. The maximum Gasteiger partial charge on any atom is 0.248 e. The van der Waals surface area contributed by atoms with Gasteiger partial charge < -0.3 is 5.32 Å². The molecular formula is C14H18FN3O3S3.